The van der Waals surface area contributed by atoms with E-state index in [1.165, 1.54) is 16.0 Å². The number of benzene rings is 1. The smallest absolute Gasteiger partial charge is 0.0674 e. The molecule has 0 amide bonds. The molecule has 0 radical (unpaired) electrons. The highest BCUT2D eigenvalue weighted by Crippen LogP contribution is 2.21. The first kappa shape index (κ1) is 12.7. The maximum atomic E-state index is 9.94. The molecule has 2 aromatic rings. The minimum atomic E-state index is -0.268. The zero-order valence-corrected chi connectivity index (χ0v) is 11.4. The third-order valence-electron chi connectivity index (χ3n) is 2.48. The average molecular weight is 264 g/mol. The zero-order valence-electron chi connectivity index (χ0n) is 9.80. The summed E-state index contributed by atoms with van der Waals surface area (Å²) in [5, 5.41) is 14.1. The van der Waals surface area contributed by atoms with Crippen molar-refractivity contribution in [1.29, 1.82) is 0 Å². The van der Waals surface area contributed by atoms with Gasteiger partial charge in [0.15, 0.2) is 0 Å². The summed E-state index contributed by atoms with van der Waals surface area (Å²) in [6.45, 7) is 2.09. The summed E-state index contributed by atoms with van der Waals surface area (Å²) >= 11 is 3.40. The molecule has 0 saturated carbocycles. The molecule has 0 aliphatic heterocycles. The summed E-state index contributed by atoms with van der Waals surface area (Å²) in [6, 6.07) is 10.5. The first-order chi connectivity index (χ1) is 8.24. The van der Waals surface area contributed by atoms with E-state index in [9.17, 15) is 5.11 Å². The van der Waals surface area contributed by atoms with Gasteiger partial charge in [0, 0.05) is 10.6 Å². The summed E-state index contributed by atoms with van der Waals surface area (Å²) in [4.78, 5) is 1.23. The molecule has 3 heteroatoms. The predicted octanol–water partition coefficient (Wildman–Crippen LogP) is 3.75. The third kappa shape index (κ3) is 4.19. The molecule has 0 spiro atoms. The summed E-state index contributed by atoms with van der Waals surface area (Å²) < 4.78 is 0. The molecule has 1 aromatic carbocycles. The third-order valence-corrected chi connectivity index (χ3v) is 4.35. The van der Waals surface area contributed by atoms with E-state index in [0.717, 1.165) is 12.2 Å². The number of thioether (sulfide) groups is 1. The molecule has 1 N–H and O–H groups in total. The van der Waals surface area contributed by atoms with Crippen molar-refractivity contribution in [3.63, 3.8) is 0 Å². The Morgan fingerprint density at radius 1 is 1.35 bits per heavy atom. The van der Waals surface area contributed by atoms with E-state index < -0.39 is 0 Å². The molecule has 1 aromatic heterocycles. The van der Waals surface area contributed by atoms with Crippen LogP contribution in [0.15, 0.2) is 46.0 Å². The van der Waals surface area contributed by atoms with Crippen LogP contribution >= 0.6 is 23.1 Å². The molecule has 0 aliphatic carbocycles. The van der Waals surface area contributed by atoms with Gasteiger partial charge in [0.2, 0.25) is 0 Å². The fraction of sp³-hybridized carbons (Fsp3) is 0.286. The standard InChI is InChI=1S/C14H16OS2/c1-11-3-2-4-14(7-11)17-10-13(15)8-12-5-6-16-9-12/h2-7,9,13,15H,8,10H2,1H3. The van der Waals surface area contributed by atoms with E-state index in [-0.39, 0.29) is 6.10 Å². The van der Waals surface area contributed by atoms with Crippen molar-refractivity contribution >= 4 is 23.1 Å². The Morgan fingerprint density at radius 3 is 2.94 bits per heavy atom. The van der Waals surface area contributed by atoms with Crippen LogP contribution in [0.3, 0.4) is 0 Å². The Hall–Kier alpha value is -0.770. The van der Waals surface area contributed by atoms with Crippen LogP contribution in [0.1, 0.15) is 11.1 Å². The lowest BCUT2D eigenvalue weighted by molar-refractivity contribution is 0.200. The Kier molecular flexibility index (Phi) is 4.66. The van der Waals surface area contributed by atoms with Crippen molar-refractivity contribution in [2.24, 2.45) is 0 Å². The lowest BCUT2D eigenvalue weighted by atomic mass is 10.2. The first-order valence-electron chi connectivity index (χ1n) is 5.62. The summed E-state index contributed by atoms with van der Waals surface area (Å²) in [5.74, 6) is 0.749. The van der Waals surface area contributed by atoms with Gasteiger partial charge in [-0.25, -0.2) is 0 Å². The van der Waals surface area contributed by atoms with E-state index in [4.69, 9.17) is 0 Å². The van der Waals surface area contributed by atoms with Crippen molar-refractivity contribution in [2.45, 2.75) is 24.3 Å². The molecule has 0 fully saturated rings. The van der Waals surface area contributed by atoms with E-state index in [1.54, 1.807) is 23.1 Å². The highest BCUT2D eigenvalue weighted by molar-refractivity contribution is 7.99. The molecule has 17 heavy (non-hydrogen) atoms. The highest BCUT2D eigenvalue weighted by atomic mass is 32.2. The van der Waals surface area contributed by atoms with Crippen molar-refractivity contribution in [1.82, 2.24) is 0 Å². The number of hydrogen-bond acceptors (Lipinski definition) is 3. The molecule has 2 rings (SSSR count). The lowest BCUT2D eigenvalue weighted by Gasteiger charge is -2.09. The van der Waals surface area contributed by atoms with Crippen LogP contribution in [0.4, 0.5) is 0 Å². The number of aliphatic hydroxyl groups excluding tert-OH is 1. The fourth-order valence-electron chi connectivity index (χ4n) is 1.64. The van der Waals surface area contributed by atoms with Gasteiger partial charge in [0.1, 0.15) is 0 Å². The molecule has 0 aliphatic rings. The molecule has 1 unspecified atom stereocenters. The van der Waals surface area contributed by atoms with Gasteiger partial charge >= 0.3 is 0 Å². The van der Waals surface area contributed by atoms with Crippen LogP contribution in [-0.4, -0.2) is 17.0 Å². The van der Waals surface area contributed by atoms with Gasteiger partial charge in [0.05, 0.1) is 6.10 Å². The average Bonchev–Trinajstić information content (AvgIpc) is 2.79. The van der Waals surface area contributed by atoms with Gasteiger partial charge in [-0.05, 0) is 47.9 Å². The van der Waals surface area contributed by atoms with Gasteiger partial charge in [-0.1, -0.05) is 17.7 Å². The second-order valence-electron chi connectivity index (χ2n) is 4.12. The largest absolute Gasteiger partial charge is 0.392 e. The predicted molar refractivity (Wildman–Crippen MR) is 75.9 cm³/mol. The van der Waals surface area contributed by atoms with E-state index >= 15 is 0 Å². The highest BCUT2D eigenvalue weighted by Gasteiger charge is 2.06. The first-order valence-corrected chi connectivity index (χ1v) is 7.55. The van der Waals surface area contributed by atoms with Crippen LogP contribution in [0, 0.1) is 6.92 Å². The second-order valence-corrected chi connectivity index (χ2v) is 5.99. The number of aliphatic hydroxyl groups is 1. The van der Waals surface area contributed by atoms with Gasteiger partial charge in [-0.15, -0.1) is 11.8 Å². The van der Waals surface area contributed by atoms with Crippen LogP contribution in [0.5, 0.6) is 0 Å². The Balaban J connectivity index is 1.82. The normalized spacial score (nSPS) is 12.6. The maximum Gasteiger partial charge on any atom is 0.0674 e. The monoisotopic (exact) mass is 264 g/mol. The van der Waals surface area contributed by atoms with Crippen molar-refractivity contribution in [3.8, 4) is 0 Å². The number of thiophene rings is 1. The molecular weight excluding hydrogens is 248 g/mol. The van der Waals surface area contributed by atoms with E-state index in [0.29, 0.717) is 0 Å². The zero-order chi connectivity index (χ0) is 12.1. The maximum absolute atomic E-state index is 9.94. The molecular formula is C14H16OS2. The van der Waals surface area contributed by atoms with Gasteiger partial charge < -0.3 is 5.11 Å². The summed E-state index contributed by atoms with van der Waals surface area (Å²) in [6.07, 6.45) is 0.484. The Bertz CT molecular complexity index is 451. The molecule has 1 heterocycles. The van der Waals surface area contributed by atoms with Gasteiger partial charge in [0.25, 0.3) is 0 Å². The number of aryl methyl sites for hydroxylation is 1. The Labute approximate surface area is 111 Å². The fourth-order valence-corrected chi connectivity index (χ4v) is 3.27. The van der Waals surface area contributed by atoms with Crippen LogP contribution in [0.2, 0.25) is 0 Å². The summed E-state index contributed by atoms with van der Waals surface area (Å²) in [5.41, 5.74) is 2.50. The number of hydrogen-bond donors (Lipinski definition) is 1. The van der Waals surface area contributed by atoms with Gasteiger partial charge in [-0.2, -0.15) is 11.3 Å². The van der Waals surface area contributed by atoms with Crippen LogP contribution in [0.25, 0.3) is 0 Å². The SMILES string of the molecule is Cc1cccc(SCC(O)Cc2ccsc2)c1. The topological polar surface area (TPSA) is 20.2 Å². The molecule has 0 bridgehead atoms. The van der Waals surface area contributed by atoms with Crippen LogP contribution < -0.4 is 0 Å². The molecule has 0 saturated heterocycles. The van der Waals surface area contributed by atoms with Crippen LogP contribution in [-0.2, 0) is 6.42 Å². The van der Waals surface area contributed by atoms with Crippen molar-refractivity contribution in [2.75, 3.05) is 5.75 Å². The van der Waals surface area contributed by atoms with E-state index in [1.807, 2.05) is 0 Å². The molecule has 1 nitrogen and oxygen atoms in total. The van der Waals surface area contributed by atoms with E-state index in [2.05, 4.69) is 48.0 Å². The minimum absolute atomic E-state index is 0.268. The second kappa shape index (κ2) is 6.24. The molecule has 90 valence electrons. The van der Waals surface area contributed by atoms with Crippen molar-refractivity contribution in [3.05, 3.63) is 52.2 Å². The lowest BCUT2D eigenvalue weighted by Crippen LogP contribution is -2.12. The quantitative estimate of drug-likeness (QED) is 0.830. The van der Waals surface area contributed by atoms with Crippen molar-refractivity contribution < 1.29 is 5.11 Å². The summed E-state index contributed by atoms with van der Waals surface area (Å²) in [7, 11) is 0. The Morgan fingerprint density at radius 2 is 2.24 bits per heavy atom. The minimum Gasteiger partial charge on any atom is -0.392 e. The van der Waals surface area contributed by atoms with Gasteiger partial charge in [-0.3, -0.25) is 0 Å². The molecule has 1 atom stereocenters. The number of rotatable bonds is 5.